The van der Waals surface area contributed by atoms with Crippen molar-refractivity contribution >= 4 is 28.9 Å². The van der Waals surface area contributed by atoms with Gasteiger partial charge in [0.25, 0.3) is 5.91 Å². The highest BCUT2D eigenvalue weighted by molar-refractivity contribution is 6.04. The van der Waals surface area contributed by atoms with E-state index in [0.717, 1.165) is 16.3 Å². The molecule has 0 spiro atoms. The van der Waals surface area contributed by atoms with Crippen molar-refractivity contribution in [2.45, 2.75) is 6.61 Å². The molecule has 1 amide bonds. The largest absolute Gasteiger partial charge is 0.497 e. The summed E-state index contributed by atoms with van der Waals surface area (Å²) in [5.74, 6) is 1.17. The Morgan fingerprint density at radius 3 is 2.14 bits per heavy atom. The summed E-state index contributed by atoms with van der Waals surface area (Å²) >= 11 is 0. The number of esters is 1. The van der Waals surface area contributed by atoms with Crippen molar-refractivity contribution in [3.8, 4) is 23.0 Å². The number of methoxy groups -OCH3 is 1. The van der Waals surface area contributed by atoms with Crippen LogP contribution in [0.25, 0.3) is 10.8 Å². The van der Waals surface area contributed by atoms with E-state index >= 15 is 0 Å². The van der Waals surface area contributed by atoms with E-state index in [9.17, 15) is 9.59 Å². The zero-order valence-electron chi connectivity index (χ0n) is 22.9. The monoisotopic (exact) mass is 560 g/mol. The topological polar surface area (TPSA) is 95.5 Å². The van der Waals surface area contributed by atoms with E-state index in [1.807, 2.05) is 60.7 Å². The van der Waals surface area contributed by atoms with Gasteiger partial charge in [0.05, 0.1) is 18.9 Å². The summed E-state index contributed by atoms with van der Waals surface area (Å²) < 4.78 is 22.2. The molecule has 0 aliphatic heterocycles. The summed E-state index contributed by atoms with van der Waals surface area (Å²) in [5, 5.41) is 5.83. The third kappa shape index (κ3) is 7.31. The van der Waals surface area contributed by atoms with E-state index in [1.165, 1.54) is 6.21 Å². The van der Waals surface area contributed by atoms with Gasteiger partial charge in [0.1, 0.15) is 29.6 Å². The minimum absolute atomic E-state index is 0.240. The molecular weight excluding hydrogens is 532 g/mol. The van der Waals surface area contributed by atoms with E-state index in [0.29, 0.717) is 40.7 Å². The molecule has 0 atom stereocenters. The average molecular weight is 561 g/mol. The Morgan fingerprint density at radius 2 is 1.40 bits per heavy atom. The predicted molar refractivity (Wildman–Crippen MR) is 160 cm³/mol. The molecule has 42 heavy (non-hydrogen) atoms. The Morgan fingerprint density at radius 1 is 0.738 bits per heavy atom. The Balaban J connectivity index is 1.19. The molecule has 0 aliphatic carbocycles. The van der Waals surface area contributed by atoms with Crippen LogP contribution in [0.15, 0.2) is 120 Å². The lowest BCUT2D eigenvalue weighted by Gasteiger charge is -2.11. The van der Waals surface area contributed by atoms with Crippen LogP contribution in [-0.4, -0.2) is 31.8 Å². The van der Waals surface area contributed by atoms with Gasteiger partial charge in [-0.1, -0.05) is 60.7 Å². The minimum atomic E-state index is -0.531. The van der Waals surface area contributed by atoms with Gasteiger partial charge in [-0.25, -0.2) is 10.2 Å². The van der Waals surface area contributed by atoms with E-state index in [-0.39, 0.29) is 6.61 Å². The Hall–Kier alpha value is -5.63. The van der Waals surface area contributed by atoms with Gasteiger partial charge in [-0.2, -0.15) is 5.10 Å². The zero-order chi connectivity index (χ0) is 29.1. The van der Waals surface area contributed by atoms with Crippen LogP contribution in [0.4, 0.5) is 0 Å². The maximum absolute atomic E-state index is 12.8. The van der Waals surface area contributed by atoms with Crippen molar-refractivity contribution < 1.29 is 28.5 Å². The van der Waals surface area contributed by atoms with Crippen LogP contribution < -0.4 is 24.4 Å². The first kappa shape index (κ1) is 27.9. The molecule has 0 heterocycles. The lowest BCUT2D eigenvalue weighted by molar-refractivity contribution is -0.123. The summed E-state index contributed by atoms with van der Waals surface area (Å²) in [5.41, 5.74) is 4.45. The summed E-state index contributed by atoms with van der Waals surface area (Å²) in [6.07, 6.45) is 1.45. The summed E-state index contributed by atoms with van der Waals surface area (Å²) in [6.45, 7) is 0.219. The fraction of sp³-hybridized carbons (Fsp3) is 0.0882. The van der Waals surface area contributed by atoms with Crippen molar-refractivity contribution in [1.29, 1.82) is 0 Å². The number of carbonyl (C=O) groups is 2. The number of nitrogens with zero attached hydrogens (tertiary/aromatic N) is 1. The van der Waals surface area contributed by atoms with E-state index in [1.54, 1.807) is 61.7 Å². The van der Waals surface area contributed by atoms with Crippen molar-refractivity contribution in [2.75, 3.05) is 13.7 Å². The molecule has 0 aliphatic rings. The van der Waals surface area contributed by atoms with E-state index in [2.05, 4.69) is 10.5 Å². The summed E-state index contributed by atoms with van der Waals surface area (Å²) in [7, 11) is 1.56. The number of benzene rings is 5. The molecule has 0 fully saturated rings. The summed E-state index contributed by atoms with van der Waals surface area (Å²) in [4.78, 5) is 25.3. The molecule has 5 rings (SSSR count). The van der Waals surface area contributed by atoms with Crippen LogP contribution in [0.1, 0.15) is 21.5 Å². The fourth-order valence-corrected chi connectivity index (χ4v) is 4.11. The quantitative estimate of drug-likeness (QED) is 0.0898. The molecule has 8 heteroatoms. The number of carbonyl (C=O) groups excluding carboxylic acids is 2. The molecule has 1 N–H and O–H groups in total. The van der Waals surface area contributed by atoms with Crippen LogP contribution in [0, 0.1) is 0 Å². The van der Waals surface area contributed by atoms with Gasteiger partial charge >= 0.3 is 5.97 Å². The molecule has 5 aromatic carbocycles. The van der Waals surface area contributed by atoms with E-state index < -0.39 is 11.9 Å². The van der Waals surface area contributed by atoms with Gasteiger partial charge in [0.15, 0.2) is 6.61 Å². The smallest absolute Gasteiger partial charge is 0.343 e. The molecule has 0 bridgehead atoms. The summed E-state index contributed by atoms with van der Waals surface area (Å²) in [6, 6.07) is 34.7. The SMILES string of the molecule is COc1ccc(C(=O)Oc2ccc3ccccc3c2/C=N/NC(=O)COc2ccc(OCc3ccccc3)cc2)cc1. The van der Waals surface area contributed by atoms with Crippen molar-refractivity contribution in [3.63, 3.8) is 0 Å². The lowest BCUT2D eigenvalue weighted by atomic mass is 10.0. The third-order valence-electron chi connectivity index (χ3n) is 6.28. The second kappa shape index (κ2) is 13.6. The first-order chi connectivity index (χ1) is 20.6. The third-order valence-corrected chi connectivity index (χ3v) is 6.28. The van der Waals surface area contributed by atoms with Gasteiger partial charge < -0.3 is 18.9 Å². The second-order valence-corrected chi connectivity index (χ2v) is 9.14. The average Bonchev–Trinajstić information content (AvgIpc) is 3.04. The van der Waals surface area contributed by atoms with Gasteiger partial charge in [0.2, 0.25) is 0 Å². The molecule has 0 radical (unpaired) electrons. The Labute approximate surface area is 243 Å². The van der Waals surface area contributed by atoms with Crippen LogP contribution in [-0.2, 0) is 11.4 Å². The number of nitrogens with one attached hydrogen (secondary N) is 1. The molecule has 8 nitrogen and oxygen atoms in total. The fourth-order valence-electron chi connectivity index (χ4n) is 4.11. The Bertz CT molecular complexity index is 1680. The van der Waals surface area contributed by atoms with Gasteiger partial charge in [0, 0.05) is 5.56 Å². The van der Waals surface area contributed by atoms with Crippen LogP contribution in [0.3, 0.4) is 0 Å². The van der Waals surface area contributed by atoms with Crippen molar-refractivity contribution in [3.05, 3.63) is 132 Å². The normalized spacial score (nSPS) is 10.8. The highest BCUT2D eigenvalue weighted by atomic mass is 16.5. The second-order valence-electron chi connectivity index (χ2n) is 9.14. The molecule has 0 aromatic heterocycles. The van der Waals surface area contributed by atoms with Gasteiger partial charge in [-0.05, 0) is 70.9 Å². The van der Waals surface area contributed by atoms with Crippen molar-refractivity contribution in [1.82, 2.24) is 5.43 Å². The number of hydrogen-bond donors (Lipinski definition) is 1. The number of rotatable bonds is 11. The maximum Gasteiger partial charge on any atom is 0.343 e. The molecular formula is C34H28N2O6. The lowest BCUT2D eigenvalue weighted by Crippen LogP contribution is -2.24. The van der Waals surface area contributed by atoms with Crippen molar-refractivity contribution in [2.24, 2.45) is 5.10 Å². The zero-order valence-corrected chi connectivity index (χ0v) is 22.9. The highest BCUT2D eigenvalue weighted by Crippen LogP contribution is 2.28. The molecule has 0 unspecified atom stereocenters. The predicted octanol–water partition coefficient (Wildman–Crippen LogP) is 6.18. The molecule has 0 saturated heterocycles. The number of fused-ring (bicyclic) bond motifs is 1. The number of ether oxygens (including phenoxy) is 4. The maximum atomic E-state index is 12.8. The number of hydrogen-bond acceptors (Lipinski definition) is 7. The van der Waals surface area contributed by atoms with Crippen LogP contribution in [0.2, 0.25) is 0 Å². The van der Waals surface area contributed by atoms with Crippen LogP contribution in [0.5, 0.6) is 23.0 Å². The first-order valence-electron chi connectivity index (χ1n) is 13.2. The molecule has 5 aromatic rings. The minimum Gasteiger partial charge on any atom is -0.497 e. The highest BCUT2D eigenvalue weighted by Gasteiger charge is 2.14. The first-order valence-corrected chi connectivity index (χ1v) is 13.2. The van der Waals surface area contributed by atoms with Gasteiger partial charge in [-0.3, -0.25) is 4.79 Å². The molecule has 0 saturated carbocycles. The number of hydrazone groups is 1. The Kier molecular flexibility index (Phi) is 9.06. The van der Waals surface area contributed by atoms with Gasteiger partial charge in [-0.15, -0.1) is 0 Å². The standard InChI is InChI=1S/C34H28N2O6/c1-39-27-14-11-26(12-15-27)34(38)42-32-20-13-25-9-5-6-10-30(25)31(32)21-35-36-33(37)23-41-29-18-16-28(17-19-29)40-22-24-7-3-2-4-8-24/h2-21H,22-23H2,1H3,(H,36,37)/b35-21+. The molecule has 210 valence electrons. The number of amides is 1. The van der Waals surface area contributed by atoms with E-state index in [4.69, 9.17) is 18.9 Å². The van der Waals surface area contributed by atoms with Crippen LogP contribution >= 0.6 is 0 Å².